The van der Waals surface area contributed by atoms with E-state index in [2.05, 4.69) is 20.3 Å². The standard InChI is InChI=1S/C24H25ClF2N4O6/c1-24(8-33-9-24)10-36-11-2-14(26)12(15(27)3-11)5-28-21-13(25)4-16-22(30-21)31-23(29-16)37-18-7-35-19-17(32)6-34-20(18)19/h2-4,17-20,32H,5-10H2,1H3,(H2,28,29,30,31)/t17-,18-,19-,20-/m1/s1. The number of anilines is 1. The average Bonchev–Trinajstić information content (AvgIpc) is 3.52. The molecule has 2 aromatic heterocycles. The van der Waals surface area contributed by atoms with Gasteiger partial charge in [0, 0.05) is 29.7 Å². The minimum Gasteiger partial charge on any atom is -0.493 e. The second-order valence-electron chi connectivity index (χ2n) is 9.86. The molecule has 3 aliphatic rings. The number of H-pyrrole nitrogens is 1. The molecule has 13 heteroatoms. The highest BCUT2D eigenvalue weighted by Gasteiger charge is 2.48. The number of rotatable bonds is 8. The molecule has 0 spiro atoms. The number of imidazole rings is 1. The monoisotopic (exact) mass is 538 g/mol. The molecular weight excluding hydrogens is 514 g/mol. The molecule has 3 saturated heterocycles. The lowest BCUT2D eigenvalue weighted by atomic mass is 9.90. The van der Waals surface area contributed by atoms with Crippen molar-refractivity contribution in [2.24, 2.45) is 5.41 Å². The molecule has 198 valence electrons. The Morgan fingerprint density at radius 3 is 2.65 bits per heavy atom. The fraction of sp³-hybridized carbons (Fsp3) is 0.500. The number of pyridine rings is 1. The normalized spacial score (nSPS) is 26.2. The Morgan fingerprint density at radius 1 is 1.16 bits per heavy atom. The van der Waals surface area contributed by atoms with E-state index >= 15 is 0 Å². The highest BCUT2D eigenvalue weighted by atomic mass is 35.5. The lowest BCUT2D eigenvalue weighted by Crippen LogP contribution is -2.44. The maximum Gasteiger partial charge on any atom is 0.296 e. The zero-order chi connectivity index (χ0) is 25.7. The number of nitrogens with one attached hydrogen (secondary N) is 2. The molecule has 0 bridgehead atoms. The van der Waals surface area contributed by atoms with Crippen LogP contribution in [0.4, 0.5) is 14.6 Å². The van der Waals surface area contributed by atoms with Gasteiger partial charge in [-0.25, -0.2) is 13.8 Å². The summed E-state index contributed by atoms with van der Waals surface area (Å²) < 4.78 is 57.1. The van der Waals surface area contributed by atoms with Crippen LogP contribution in [0.25, 0.3) is 11.2 Å². The molecule has 0 amide bonds. The van der Waals surface area contributed by atoms with Crippen molar-refractivity contribution in [3.63, 3.8) is 0 Å². The van der Waals surface area contributed by atoms with E-state index < -0.39 is 36.1 Å². The summed E-state index contributed by atoms with van der Waals surface area (Å²) in [5.41, 5.74) is 0.482. The average molecular weight is 539 g/mol. The van der Waals surface area contributed by atoms with E-state index in [4.69, 9.17) is 35.3 Å². The minimum atomic E-state index is -0.749. The second kappa shape index (κ2) is 9.52. The SMILES string of the molecule is CC1(COc2cc(F)c(CNc3nc4nc(O[C@@H]5CO[C@H]6[C@@H]5OC[C@H]6O)[nH]c4cc3Cl)c(F)c2)COC1. The Bertz CT molecular complexity index is 1300. The smallest absolute Gasteiger partial charge is 0.296 e. The molecule has 5 heterocycles. The van der Waals surface area contributed by atoms with Crippen LogP contribution in [0.15, 0.2) is 18.2 Å². The van der Waals surface area contributed by atoms with Crippen molar-refractivity contribution in [1.82, 2.24) is 15.0 Å². The number of aromatic amines is 1. The molecule has 3 fully saturated rings. The molecule has 37 heavy (non-hydrogen) atoms. The fourth-order valence-corrected chi connectivity index (χ4v) is 4.78. The van der Waals surface area contributed by atoms with E-state index in [0.717, 1.165) is 12.1 Å². The predicted molar refractivity (Wildman–Crippen MR) is 127 cm³/mol. The van der Waals surface area contributed by atoms with Gasteiger partial charge in [0.25, 0.3) is 6.01 Å². The molecule has 0 aliphatic carbocycles. The number of aliphatic hydroxyl groups excluding tert-OH is 1. The molecule has 4 atom stereocenters. The molecule has 0 unspecified atom stereocenters. The molecule has 10 nitrogen and oxygen atoms in total. The number of aromatic nitrogens is 3. The Kier molecular flexibility index (Phi) is 6.32. The van der Waals surface area contributed by atoms with E-state index in [1.54, 1.807) is 6.07 Å². The summed E-state index contributed by atoms with van der Waals surface area (Å²) in [6.07, 6.45) is -1.96. The Labute approximate surface area is 215 Å². The summed E-state index contributed by atoms with van der Waals surface area (Å²) in [6.45, 7) is 3.64. The molecule has 1 aromatic carbocycles. The summed E-state index contributed by atoms with van der Waals surface area (Å²) >= 11 is 6.35. The van der Waals surface area contributed by atoms with Gasteiger partial charge in [-0.2, -0.15) is 4.98 Å². The van der Waals surface area contributed by atoms with Gasteiger partial charge in [-0.05, 0) is 6.07 Å². The van der Waals surface area contributed by atoms with Gasteiger partial charge >= 0.3 is 0 Å². The van der Waals surface area contributed by atoms with Gasteiger partial charge in [0.05, 0.1) is 43.6 Å². The van der Waals surface area contributed by atoms with Crippen LogP contribution in [-0.2, 0) is 20.8 Å². The summed E-state index contributed by atoms with van der Waals surface area (Å²) in [6, 6.07) is 4.08. The fourth-order valence-electron chi connectivity index (χ4n) is 4.56. The van der Waals surface area contributed by atoms with Crippen molar-refractivity contribution < 1.29 is 37.6 Å². The Balaban J connectivity index is 1.12. The van der Waals surface area contributed by atoms with E-state index in [0.29, 0.717) is 31.0 Å². The van der Waals surface area contributed by atoms with Crippen LogP contribution < -0.4 is 14.8 Å². The van der Waals surface area contributed by atoms with Crippen molar-refractivity contribution >= 4 is 28.6 Å². The maximum absolute atomic E-state index is 14.7. The largest absolute Gasteiger partial charge is 0.493 e. The van der Waals surface area contributed by atoms with Crippen molar-refractivity contribution in [3.8, 4) is 11.8 Å². The lowest BCUT2D eigenvalue weighted by molar-refractivity contribution is -0.120. The number of ether oxygens (including phenoxy) is 5. The topological polar surface area (TPSA) is 120 Å². The number of aliphatic hydroxyl groups is 1. The van der Waals surface area contributed by atoms with Gasteiger partial charge < -0.3 is 39.1 Å². The molecule has 0 saturated carbocycles. The van der Waals surface area contributed by atoms with E-state index in [9.17, 15) is 13.9 Å². The quantitative estimate of drug-likeness (QED) is 0.397. The van der Waals surface area contributed by atoms with Crippen LogP contribution in [0.5, 0.6) is 11.8 Å². The Morgan fingerprint density at radius 2 is 1.92 bits per heavy atom. The van der Waals surface area contributed by atoms with Crippen LogP contribution in [0.1, 0.15) is 12.5 Å². The molecule has 0 radical (unpaired) electrons. The summed E-state index contributed by atoms with van der Waals surface area (Å²) in [7, 11) is 0. The minimum absolute atomic E-state index is 0.116. The predicted octanol–water partition coefficient (Wildman–Crippen LogP) is 2.82. The number of nitrogens with zero attached hydrogens (tertiary/aromatic N) is 2. The van der Waals surface area contributed by atoms with Gasteiger partial charge in [0.15, 0.2) is 11.8 Å². The number of hydrogen-bond donors (Lipinski definition) is 3. The second-order valence-corrected chi connectivity index (χ2v) is 10.3. The zero-order valence-electron chi connectivity index (χ0n) is 19.8. The zero-order valence-corrected chi connectivity index (χ0v) is 20.6. The lowest BCUT2D eigenvalue weighted by Gasteiger charge is -2.37. The first-order valence-corrected chi connectivity index (χ1v) is 12.2. The van der Waals surface area contributed by atoms with Crippen molar-refractivity contribution in [2.75, 3.05) is 38.4 Å². The van der Waals surface area contributed by atoms with Crippen LogP contribution in [0, 0.1) is 17.0 Å². The van der Waals surface area contributed by atoms with E-state index in [1.165, 1.54) is 0 Å². The highest BCUT2D eigenvalue weighted by Crippen LogP contribution is 2.32. The molecule has 3 aliphatic heterocycles. The van der Waals surface area contributed by atoms with Crippen molar-refractivity contribution in [3.05, 3.63) is 40.4 Å². The van der Waals surface area contributed by atoms with Crippen LogP contribution in [-0.4, -0.2) is 77.5 Å². The molecule has 3 N–H and O–H groups in total. The van der Waals surface area contributed by atoms with Gasteiger partial charge in [-0.15, -0.1) is 0 Å². The number of hydrogen-bond acceptors (Lipinski definition) is 9. The first-order valence-electron chi connectivity index (χ1n) is 11.8. The summed E-state index contributed by atoms with van der Waals surface area (Å²) in [5.74, 6) is -1.18. The van der Waals surface area contributed by atoms with Crippen LogP contribution >= 0.6 is 11.6 Å². The highest BCUT2D eigenvalue weighted by molar-refractivity contribution is 6.33. The van der Waals surface area contributed by atoms with Crippen LogP contribution in [0.2, 0.25) is 5.02 Å². The summed E-state index contributed by atoms with van der Waals surface area (Å²) in [4.78, 5) is 11.7. The molecule has 3 aromatic rings. The van der Waals surface area contributed by atoms with Gasteiger partial charge in [-0.1, -0.05) is 18.5 Å². The molecular formula is C24H25ClF2N4O6. The summed E-state index contributed by atoms with van der Waals surface area (Å²) in [5, 5.41) is 13.0. The third-order valence-corrected chi connectivity index (χ3v) is 6.97. The third-order valence-electron chi connectivity index (χ3n) is 6.69. The maximum atomic E-state index is 14.7. The van der Waals surface area contributed by atoms with E-state index in [1.807, 2.05) is 6.92 Å². The number of benzene rings is 1. The number of fused-ring (bicyclic) bond motifs is 2. The third kappa shape index (κ3) is 4.79. The first kappa shape index (κ1) is 24.6. The van der Waals surface area contributed by atoms with Gasteiger partial charge in [0.1, 0.15) is 41.5 Å². The van der Waals surface area contributed by atoms with E-state index in [-0.39, 0.29) is 53.3 Å². The first-order chi connectivity index (χ1) is 17.8. The van der Waals surface area contributed by atoms with Crippen LogP contribution in [0.3, 0.4) is 0 Å². The van der Waals surface area contributed by atoms with Crippen molar-refractivity contribution in [2.45, 2.75) is 37.9 Å². The Hall–Kier alpha value is -2.77. The van der Waals surface area contributed by atoms with Gasteiger partial charge in [-0.3, -0.25) is 0 Å². The van der Waals surface area contributed by atoms with Crippen molar-refractivity contribution in [1.29, 1.82) is 0 Å². The van der Waals surface area contributed by atoms with Gasteiger partial charge in [0.2, 0.25) is 0 Å². The molecule has 6 rings (SSSR count). The number of halogens is 3.